The molecular formula is C19H18N2O3. The van der Waals surface area contributed by atoms with Crippen LogP contribution in [0.25, 0.3) is 11.3 Å². The quantitative estimate of drug-likeness (QED) is 0.747. The molecule has 0 saturated carbocycles. The van der Waals surface area contributed by atoms with E-state index in [1.54, 1.807) is 25.4 Å². The first kappa shape index (κ1) is 15.8. The van der Waals surface area contributed by atoms with Crippen LogP contribution in [0.4, 0.5) is 5.69 Å². The van der Waals surface area contributed by atoms with E-state index in [9.17, 15) is 4.79 Å². The predicted molar refractivity (Wildman–Crippen MR) is 91.9 cm³/mol. The summed E-state index contributed by atoms with van der Waals surface area (Å²) in [5.74, 6) is 2.03. The third kappa shape index (κ3) is 4.01. The number of benzene rings is 1. The number of anilines is 1. The van der Waals surface area contributed by atoms with Gasteiger partial charge in [0.1, 0.15) is 11.5 Å². The van der Waals surface area contributed by atoms with Gasteiger partial charge in [-0.1, -0.05) is 30.3 Å². The predicted octanol–water partition coefficient (Wildman–Crippen LogP) is 3.92. The maximum Gasteiger partial charge on any atom is 0.224 e. The third-order valence-corrected chi connectivity index (χ3v) is 3.55. The van der Waals surface area contributed by atoms with Crippen molar-refractivity contribution in [1.29, 1.82) is 0 Å². The van der Waals surface area contributed by atoms with Crippen molar-refractivity contribution in [3.63, 3.8) is 0 Å². The molecule has 0 aliphatic heterocycles. The first-order chi connectivity index (χ1) is 11.7. The largest absolute Gasteiger partial charge is 0.481 e. The lowest BCUT2D eigenvalue weighted by Crippen LogP contribution is -2.12. The van der Waals surface area contributed by atoms with Gasteiger partial charge in [0.2, 0.25) is 11.8 Å². The zero-order chi connectivity index (χ0) is 16.8. The number of rotatable bonds is 6. The standard InChI is InChI=1S/C19H18N2O3/c1-23-19-12-7-15(13-20-19)21-18(22)11-9-16-8-10-17(24-16)14-5-3-2-4-6-14/h2-8,10,12-13H,9,11H2,1H3,(H,21,22). The molecule has 2 aromatic heterocycles. The summed E-state index contributed by atoms with van der Waals surface area (Å²) in [6.07, 6.45) is 2.45. The number of carbonyl (C=O) groups excluding carboxylic acids is 1. The molecule has 0 aliphatic rings. The molecule has 3 rings (SSSR count). The summed E-state index contributed by atoms with van der Waals surface area (Å²) >= 11 is 0. The molecule has 1 N–H and O–H groups in total. The van der Waals surface area contributed by atoms with E-state index in [0.29, 0.717) is 24.4 Å². The fourth-order valence-electron chi connectivity index (χ4n) is 2.31. The van der Waals surface area contributed by atoms with Crippen molar-refractivity contribution in [1.82, 2.24) is 4.98 Å². The molecule has 3 aromatic rings. The first-order valence-electron chi connectivity index (χ1n) is 7.68. The molecule has 0 radical (unpaired) electrons. The third-order valence-electron chi connectivity index (χ3n) is 3.55. The van der Waals surface area contributed by atoms with Gasteiger partial charge < -0.3 is 14.5 Å². The van der Waals surface area contributed by atoms with Gasteiger partial charge in [-0.2, -0.15) is 0 Å². The fourth-order valence-corrected chi connectivity index (χ4v) is 2.31. The van der Waals surface area contributed by atoms with Crippen molar-refractivity contribution >= 4 is 11.6 Å². The smallest absolute Gasteiger partial charge is 0.224 e. The number of hydrogen-bond acceptors (Lipinski definition) is 4. The Morgan fingerprint density at radius 1 is 1.12 bits per heavy atom. The van der Waals surface area contributed by atoms with Crippen LogP contribution in [-0.4, -0.2) is 18.0 Å². The van der Waals surface area contributed by atoms with Crippen LogP contribution < -0.4 is 10.1 Å². The number of amides is 1. The van der Waals surface area contributed by atoms with E-state index in [2.05, 4.69) is 10.3 Å². The molecule has 24 heavy (non-hydrogen) atoms. The number of carbonyl (C=O) groups is 1. The minimum Gasteiger partial charge on any atom is -0.481 e. The molecule has 0 unspecified atom stereocenters. The molecule has 0 aliphatic carbocycles. The highest BCUT2D eigenvalue weighted by molar-refractivity contribution is 5.90. The molecule has 0 bridgehead atoms. The van der Waals surface area contributed by atoms with Crippen LogP contribution in [0.3, 0.4) is 0 Å². The Hall–Kier alpha value is -3.08. The van der Waals surface area contributed by atoms with Crippen LogP contribution in [0.2, 0.25) is 0 Å². The van der Waals surface area contributed by atoms with E-state index in [1.165, 1.54) is 0 Å². The number of pyridine rings is 1. The van der Waals surface area contributed by atoms with Crippen molar-refractivity contribution in [3.8, 4) is 17.2 Å². The summed E-state index contributed by atoms with van der Waals surface area (Å²) in [7, 11) is 1.55. The van der Waals surface area contributed by atoms with Gasteiger partial charge in [0, 0.05) is 24.5 Å². The van der Waals surface area contributed by atoms with Crippen molar-refractivity contribution in [2.24, 2.45) is 0 Å². The van der Waals surface area contributed by atoms with Gasteiger partial charge in [0.25, 0.3) is 0 Å². The molecule has 122 valence electrons. The molecule has 0 atom stereocenters. The summed E-state index contributed by atoms with van der Waals surface area (Å²) in [6, 6.07) is 17.2. The van der Waals surface area contributed by atoms with Crippen molar-refractivity contribution in [2.45, 2.75) is 12.8 Å². The number of ether oxygens (including phenoxy) is 1. The molecule has 5 nitrogen and oxygen atoms in total. The minimum atomic E-state index is -0.0837. The number of nitrogens with zero attached hydrogens (tertiary/aromatic N) is 1. The van der Waals surface area contributed by atoms with Crippen LogP contribution >= 0.6 is 0 Å². The molecule has 1 amide bonds. The minimum absolute atomic E-state index is 0.0837. The zero-order valence-corrected chi connectivity index (χ0v) is 13.4. The Morgan fingerprint density at radius 3 is 2.67 bits per heavy atom. The lowest BCUT2D eigenvalue weighted by Gasteiger charge is -2.05. The summed E-state index contributed by atoms with van der Waals surface area (Å²) in [6.45, 7) is 0. The number of aryl methyl sites for hydroxylation is 1. The average molecular weight is 322 g/mol. The zero-order valence-electron chi connectivity index (χ0n) is 13.4. The Morgan fingerprint density at radius 2 is 1.96 bits per heavy atom. The second-order valence-electron chi connectivity index (χ2n) is 5.27. The van der Waals surface area contributed by atoms with Crippen molar-refractivity contribution < 1.29 is 13.9 Å². The Bertz CT molecular complexity index is 795. The molecule has 0 fully saturated rings. The van der Waals surface area contributed by atoms with E-state index in [1.807, 2.05) is 42.5 Å². The molecule has 2 heterocycles. The highest BCUT2D eigenvalue weighted by Gasteiger charge is 2.08. The van der Waals surface area contributed by atoms with Gasteiger partial charge in [-0.15, -0.1) is 0 Å². The molecule has 1 aromatic carbocycles. The van der Waals surface area contributed by atoms with Crippen LogP contribution in [-0.2, 0) is 11.2 Å². The van der Waals surface area contributed by atoms with Crippen LogP contribution in [0.15, 0.2) is 65.2 Å². The second kappa shape index (κ2) is 7.46. The van der Waals surface area contributed by atoms with Gasteiger partial charge in [-0.25, -0.2) is 4.98 Å². The van der Waals surface area contributed by atoms with Gasteiger partial charge in [0.05, 0.1) is 19.0 Å². The number of nitrogens with one attached hydrogen (secondary N) is 1. The van der Waals surface area contributed by atoms with E-state index >= 15 is 0 Å². The van der Waals surface area contributed by atoms with Gasteiger partial charge in [0.15, 0.2) is 0 Å². The molecule has 5 heteroatoms. The Balaban J connectivity index is 1.53. The maximum atomic E-state index is 12.0. The first-order valence-corrected chi connectivity index (χ1v) is 7.68. The lowest BCUT2D eigenvalue weighted by molar-refractivity contribution is -0.116. The maximum absolute atomic E-state index is 12.0. The highest BCUT2D eigenvalue weighted by atomic mass is 16.5. The Kier molecular flexibility index (Phi) is 4.91. The van der Waals surface area contributed by atoms with Crippen LogP contribution in [0.5, 0.6) is 5.88 Å². The van der Waals surface area contributed by atoms with Gasteiger partial charge in [-0.3, -0.25) is 4.79 Å². The molecule has 0 saturated heterocycles. The normalized spacial score (nSPS) is 10.4. The van der Waals surface area contributed by atoms with Gasteiger partial charge >= 0.3 is 0 Å². The number of methoxy groups -OCH3 is 1. The van der Waals surface area contributed by atoms with Crippen LogP contribution in [0.1, 0.15) is 12.2 Å². The summed E-state index contributed by atoms with van der Waals surface area (Å²) < 4.78 is 10.8. The van der Waals surface area contributed by atoms with E-state index in [4.69, 9.17) is 9.15 Å². The topological polar surface area (TPSA) is 64.4 Å². The summed E-state index contributed by atoms with van der Waals surface area (Å²) in [5.41, 5.74) is 1.67. The number of aromatic nitrogens is 1. The summed E-state index contributed by atoms with van der Waals surface area (Å²) in [5, 5.41) is 2.80. The second-order valence-corrected chi connectivity index (χ2v) is 5.27. The van der Waals surface area contributed by atoms with Crippen molar-refractivity contribution in [3.05, 3.63) is 66.6 Å². The monoisotopic (exact) mass is 322 g/mol. The number of furan rings is 1. The highest BCUT2D eigenvalue weighted by Crippen LogP contribution is 2.22. The lowest BCUT2D eigenvalue weighted by atomic mass is 10.2. The molecular weight excluding hydrogens is 304 g/mol. The van der Waals surface area contributed by atoms with E-state index in [0.717, 1.165) is 17.1 Å². The fraction of sp³-hybridized carbons (Fsp3) is 0.158. The Labute approximate surface area is 140 Å². The SMILES string of the molecule is COc1ccc(NC(=O)CCc2ccc(-c3ccccc3)o2)cn1. The van der Waals surface area contributed by atoms with E-state index in [-0.39, 0.29) is 5.91 Å². The number of hydrogen-bond donors (Lipinski definition) is 1. The van der Waals surface area contributed by atoms with Crippen LogP contribution in [0, 0.1) is 0 Å². The average Bonchev–Trinajstić information content (AvgIpc) is 3.10. The van der Waals surface area contributed by atoms with Gasteiger partial charge in [-0.05, 0) is 18.2 Å². The summed E-state index contributed by atoms with van der Waals surface area (Å²) in [4.78, 5) is 16.1. The molecule has 0 spiro atoms. The van der Waals surface area contributed by atoms with E-state index < -0.39 is 0 Å². The van der Waals surface area contributed by atoms with Crippen molar-refractivity contribution in [2.75, 3.05) is 12.4 Å².